The van der Waals surface area contributed by atoms with E-state index in [1.54, 1.807) is 0 Å². The van der Waals surface area contributed by atoms with Crippen LogP contribution in [0.3, 0.4) is 0 Å². The van der Waals surface area contributed by atoms with E-state index in [1.165, 1.54) is 13.2 Å². The van der Waals surface area contributed by atoms with Crippen LogP contribution in [0, 0.1) is 0 Å². The van der Waals surface area contributed by atoms with Crippen molar-refractivity contribution in [1.29, 1.82) is 0 Å². The molecule has 1 aromatic heterocycles. The van der Waals surface area contributed by atoms with Crippen LogP contribution in [0.1, 0.15) is 10.4 Å². The van der Waals surface area contributed by atoms with Gasteiger partial charge in [0.25, 0.3) is 0 Å². The molecule has 1 heterocycles. The Labute approximate surface area is 93.1 Å². The lowest BCUT2D eigenvalue weighted by molar-refractivity contribution is 0.0600. The number of hydrogen-bond acceptors (Lipinski definition) is 3. The Morgan fingerprint density at radius 2 is 2.15 bits per heavy atom. The van der Waals surface area contributed by atoms with Crippen LogP contribution in [-0.4, -0.2) is 18.1 Å². The summed E-state index contributed by atoms with van der Waals surface area (Å²) in [5, 5.41) is 0.234. The molecule has 0 aliphatic heterocycles. The van der Waals surface area contributed by atoms with Crippen molar-refractivity contribution < 1.29 is 9.53 Å². The molecule has 0 aliphatic carbocycles. The molecule has 0 aliphatic rings. The fourth-order valence-electron chi connectivity index (χ4n) is 0.699. The van der Waals surface area contributed by atoms with Crippen LogP contribution in [-0.2, 0) is 4.74 Å². The average Bonchev–Trinajstić information content (AvgIpc) is 2.10. The predicted molar refractivity (Wildman–Crippen MR) is 53.3 cm³/mol. The van der Waals surface area contributed by atoms with Gasteiger partial charge in [0, 0.05) is 0 Å². The molecule has 13 heavy (non-hydrogen) atoms. The van der Waals surface area contributed by atoms with Gasteiger partial charge in [0.1, 0.15) is 10.3 Å². The van der Waals surface area contributed by atoms with Crippen LogP contribution in [0.25, 0.3) is 0 Å². The Balaban J connectivity index is 3.23. The van der Waals surface area contributed by atoms with Crippen LogP contribution >= 0.6 is 39.1 Å². The van der Waals surface area contributed by atoms with Gasteiger partial charge in [-0.05, 0) is 22.0 Å². The third-order valence-corrected chi connectivity index (χ3v) is 2.70. The van der Waals surface area contributed by atoms with Crippen LogP contribution in [0.2, 0.25) is 10.3 Å². The third kappa shape index (κ3) is 2.33. The summed E-state index contributed by atoms with van der Waals surface area (Å²) in [6, 6.07) is 1.46. The van der Waals surface area contributed by atoms with Crippen molar-refractivity contribution in [2.75, 3.05) is 7.11 Å². The van der Waals surface area contributed by atoms with E-state index >= 15 is 0 Å². The first kappa shape index (κ1) is 10.8. The van der Waals surface area contributed by atoms with Crippen LogP contribution in [0.15, 0.2) is 10.5 Å². The van der Waals surface area contributed by atoms with E-state index in [1.807, 2.05) is 0 Å². The lowest BCUT2D eigenvalue weighted by atomic mass is 10.3. The fraction of sp³-hybridized carbons (Fsp3) is 0.143. The van der Waals surface area contributed by atoms with Crippen LogP contribution < -0.4 is 0 Å². The van der Waals surface area contributed by atoms with Gasteiger partial charge < -0.3 is 4.74 Å². The number of nitrogens with zero attached hydrogens (tertiary/aromatic N) is 1. The second-order valence-electron chi connectivity index (χ2n) is 2.09. The molecule has 3 nitrogen and oxygen atoms in total. The zero-order valence-corrected chi connectivity index (χ0v) is 9.57. The second kappa shape index (κ2) is 4.26. The zero-order chi connectivity index (χ0) is 10.0. The van der Waals surface area contributed by atoms with Crippen molar-refractivity contribution in [3.63, 3.8) is 0 Å². The minimum Gasteiger partial charge on any atom is -0.465 e. The summed E-state index contributed by atoms with van der Waals surface area (Å²) in [6.45, 7) is 0. The molecule has 1 aromatic rings. The maximum atomic E-state index is 11.1. The number of carbonyl (C=O) groups excluding carboxylic acids is 1. The number of ether oxygens (including phenoxy) is 1. The van der Waals surface area contributed by atoms with E-state index in [-0.39, 0.29) is 15.9 Å². The maximum Gasteiger partial charge on any atom is 0.341 e. The molecular formula is C7H4BrCl2NO2. The lowest BCUT2D eigenvalue weighted by Crippen LogP contribution is -2.03. The van der Waals surface area contributed by atoms with Gasteiger partial charge in [-0.2, -0.15) is 0 Å². The smallest absolute Gasteiger partial charge is 0.341 e. The minimum atomic E-state index is -0.546. The summed E-state index contributed by atoms with van der Waals surface area (Å²) in [6.07, 6.45) is 0. The van der Waals surface area contributed by atoms with E-state index in [4.69, 9.17) is 23.2 Å². The highest BCUT2D eigenvalue weighted by Crippen LogP contribution is 2.26. The van der Waals surface area contributed by atoms with Gasteiger partial charge in [0.2, 0.25) is 0 Å². The Morgan fingerprint density at radius 3 is 2.69 bits per heavy atom. The van der Waals surface area contributed by atoms with Gasteiger partial charge in [0.05, 0.1) is 17.1 Å². The lowest BCUT2D eigenvalue weighted by Gasteiger charge is -2.02. The molecule has 0 bridgehead atoms. The van der Waals surface area contributed by atoms with Gasteiger partial charge in [0.15, 0.2) is 0 Å². The number of hydrogen-bond donors (Lipinski definition) is 0. The SMILES string of the molecule is COC(=O)c1cc(Br)c(Cl)nc1Cl. The Bertz CT molecular complexity index is 357. The maximum absolute atomic E-state index is 11.1. The van der Waals surface area contributed by atoms with Gasteiger partial charge >= 0.3 is 5.97 Å². The molecule has 0 N–H and O–H groups in total. The summed E-state index contributed by atoms with van der Waals surface area (Å²) in [5.41, 5.74) is 0.181. The Morgan fingerprint density at radius 1 is 1.54 bits per heavy atom. The number of pyridine rings is 1. The first-order chi connectivity index (χ1) is 6.06. The highest BCUT2D eigenvalue weighted by atomic mass is 79.9. The average molecular weight is 285 g/mol. The molecule has 0 amide bonds. The third-order valence-electron chi connectivity index (χ3n) is 1.29. The molecule has 0 saturated carbocycles. The summed E-state index contributed by atoms with van der Waals surface area (Å²) in [7, 11) is 1.27. The summed E-state index contributed by atoms with van der Waals surface area (Å²) in [5.74, 6) is -0.546. The van der Waals surface area contributed by atoms with E-state index in [2.05, 4.69) is 25.7 Å². The summed E-state index contributed by atoms with van der Waals surface area (Å²) in [4.78, 5) is 14.8. The van der Waals surface area contributed by atoms with Crippen molar-refractivity contribution >= 4 is 45.1 Å². The van der Waals surface area contributed by atoms with Gasteiger partial charge in [-0.15, -0.1) is 0 Å². The molecule has 6 heteroatoms. The van der Waals surface area contributed by atoms with Gasteiger partial charge in [-0.3, -0.25) is 0 Å². The predicted octanol–water partition coefficient (Wildman–Crippen LogP) is 2.94. The Kier molecular flexibility index (Phi) is 3.53. The standard InChI is InChI=1S/C7H4BrCl2NO2/c1-13-7(12)3-2-4(8)6(10)11-5(3)9/h2H,1H3. The Hall–Kier alpha value is -0.320. The molecule has 0 saturated heterocycles. The number of methoxy groups -OCH3 is 1. The largest absolute Gasteiger partial charge is 0.465 e. The molecule has 0 aromatic carbocycles. The highest BCUT2D eigenvalue weighted by molar-refractivity contribution is 9.10. The normalized spacial score (nSPS) is 9.85. The first-order valence-corrected chi connectivity index (χ1v) is 4.71. The quantitative estimate of drug-likeness (QED) is 0.588. The van der Waals surface area contributed by atoms with E-state index in [0.29, 0.717) is 4.47 Å². The first-order valence-electron chi connectivity index (χ1n) is 3.16. The van der Waals surface area contributed by atoms with Gasteiger partial charge in [-0.1, -0.05) is 23.2 Å². The molecule has 0 fully saturated rings. The monoisotopic (exact) mass is 283 g/mol. The van der Waals surface area contributed by atoms with Crippen molar-refractivity contribution in [3.05, 3.63) is 26.4 Å². The molecule has 0 spiro atoms. The van der Waals surface area contributed by atoms with Crippen molar-refractivity contribution in [2.24, 2.45) is 0 Å². The molecule has 0 radical (unpaired) electrons. The topological polar surface area (TPSA) is 39.2 Å². The van der Waals surface area contributed by atoms with E-state index < -0.39 is 5.97 Å². The van der Waals surface area contributed by atoms with Gasteiger partial charge in [-0.25, -0.2) is 9.78 Å². The number of carbonyl (C=O) groups is 1. The summed E-state index contributed by atoms with van der Waals surface area (Å²) >= 11 is 14.4. The second-order valence-corrected chi connectivity index (χ2v) is 3.66. The molecule has 70 valence electrons. The number of rotatable bonds is 1. The molecule has 0 unspecified atom stereocenters. The summed E-state index contributed by atoms with van der Waals surface area (Å²) < 4.78 is 4.98. The van der Waals surface area contributed by atoms with E-state index in [0.717, 1.165) is 0 Å². The number of halogens is 3. The minimum absolute atomic E-state index is 0.0278. The number of esters is 1. The van der Waals surface area contributed by atoms with Crippen molar-refractivity contribution in [2.45, 2.75) is 0 Å². The molecular weight excluding hydrogens is 281 g/mol. The van der Waals surface area contributed by atoms with E-state index in [9.17, 15) is 4.79 Å². The van der Waals surface area contributed by atoms with Crippen LogP contribution in [0.5, 0.6) is 0 Å². The van der Waals surface area contributed by atoms with Crippen LogP contribution in [0.4, 0.5) is 0 Å². The molecule has 1 rings (SSSR count). The molecule has 0 atom stereocenters. The zero-order valence-electron chi connectivity index (χ0n) is 6.47. The number of aromatic nitrogens is 1. The fourth-order valence-corrected chi connectivity index (χ4v) is 1.41. The highest BCUT2D eigenvalue weighted by Gasteiger charge is 2.14. The van der Waals surface area contributed by atoms with Crippen molar-refractivity contribution in [3.8, 4) is 0 Å². The van der Waals surface area contributed by atoms with Crippen molar-refractivity contribution in [1.82, 2.24) is 4.98 Å².